The smallest absolute Gasteiger partial charge is 0.339 e. The van der Waals surface area contributed by atoms with Crippen molar-refractivity contribution in [3.8, 4) is 11.3 Å². The van der Waals surface area contributed by atoms with Gasteiger partial charge in [-0.15, -0.1) is 0 Å². The molecular formula is C24H26N2O6. The van der Waals surface area contributed by atoms with Gasteiger partial charge in [0.2, 0.25) is 5.78 Å². The minimum atomic E-state index is -1.02. The van der Waals surface area contributed by atoms with Gasteiger partial charge in [-0.1, -0.05) is 29.8 Å². The molecule has 1 aromatic carbocycles. The Morgan fingerprint density at radius 1 is 1.12 bits per heavy atom. The molecule has 0 amide bonds. The van der Waals surface area contributed by atoms with E-state index in [0.717, 1.165) is 11.1 Å². The Morgan fingerprint density at radius 3 is 2.47 bits per heavy atom. The Bertz CT molecular complexity index is 1140. The van der Waals surface area contributed by atoms with Gasteiger partial charge in [-0.3, -0.25) is 9.59 Å². The lowest BCUT2D eigenvalue weighted by Crippen LogP contribution is -2.25. The van der Waals surface area contributed by atoms with Gasteiger partial charge in [0, 0.05) is 17.7 Å². The molecular weight excluding hydrogens is 412 g/mol. The van der Waals surface area contributed by atoms with Crippen molar-refractivity contribution in [3.05, 3.63) is 64.4 Å². The van der Waals surface area contributed by atoms with Gasteiger partial charge in [-0.2, -0.15) is 0 Å². The molecule has 0 aliphatic rings. The van der Waals surface area contributed by atoms with Crippen molar-refractivity contribution >= 4 is 17.7 Å². The summed E-state index contributed by atoms with van der Waals surface area (Å²) in [6.45, 7) is 6.82. The van der Waals surface area contributed by atoms with Gasteiger partial charge in [-0.05, 0) is 33.3 Å². The van der Waals surface area contributed by atoms with Gasteiger partial charge in [0.05, 0.1) is 31.0 Å². The number of aryl methyl sites for hydroxylation is 3. The highest BCUT2D eigenvalue weighted by atomic mass is 16.5. The number of nitrogens with one attached hydrogen (secondary N) is 1. The van der Waals surface area contributed by atoms with Crippen LogP contribution in [0.4, 0.5) is 0 Å². The van der Waals surface area contributed by atoms with Gasteiger partial charge in [-0.25, -0.2) is 9.78 Å². The van der Waals surface area contributed by atoms with Gasteiger partial charge < -0.3 is 18.9 Å². The number of benzene rings is 1. The Kier molecular flexibility index (Phi) is 6.92. The van der Waals surface area contributed by atoms with Gasteiger partial charge in [0.1, 0.15) is 0 Å². The summed E-state index contributed by atoms with van der Waals surface area (Å²) in [7, 11) is 1.28. The molecule has 0 fully saturated rings. The van der Waals surface area contributed by atoms with Crippen LogP contribution in [0.1, 0.15) is 56.9 Å². The van der Waals surface area contributed by atoms with E-state index >= 15 is 0 Å². The van der Waals surface area contributed by atoms with Crippen molar-refractivity contribution in [1.82, 2.24) is 9.97 Å². The molecule has 0 radical (unpaired) electrons. The number of methoxy groups -OCH3 is 1. The molecule has 8 nitrogen and oxygen atoms in total. The number of hydrogen-bond donors (Lipinski definition) is 1. The molecule has 0 saturated heterocycles. The summed E-state index contributed by atoms with van der Waals surface area (Å²) in [5.41, 5.74) is 3.56. The summed E-state index contributed by atoms with van der Waals surface area (Å²) in [5, 5.41) is 0. The van der Waals surface area contributed by atoms with Crippen LogP contribution in [0.25, 0.3) is 11.3 Å². The molecule has 32 heavy (non-hydrogen) atoms. The summed E-state index contributed by atoms with van der Waals surface area (Å²) >= 11 is 0. The molecule has 1 atom stereocenters. The van der Waals surface area contributed by atoms with E-state index in [9.17, 15) is 14.4 Å². The second-order valence-electron chi connectivity index (χ2n) is 7.60. The number of carbonyl (C=O) groups is 3. The standard InChI is InChI=1S/C24H26N2O6/c1-13-6-8-17(9-7-13)18-12-25-19(32-18)10-11-20(27)31-16(4)23(28)22-14(2)21(15(3)26-22)24(29)30-5/h6-9,12,16,26H,10-11H2,1-5H3/t16-/m0/s1. The van der Waals surface area contributed by atoms with E-state index in [0.29, 0.717) is 28.5 Å². The molecule has 8 heteroatoms. The third kappa shape index (κ3) is 4.96. The summed E-state index contributed by atoms with van der Waals surface area (Å²) in [6, 6.07) is 7.85. The maximum absolute atomic E-state index is 12.7. The summed E-state index contributed by atoms with van der Waals surface area (Å²) in [5.74, 6) is -0.469. The number of ketones is 1. The quantitative estimate of drug-likeness (QED) is 0.416. The predicted molar refractivity (Wildman–Crippen MR) is 116 cm³/mol. The van der Waals surface area contributed by atoms with E-state index in [1.807, 2.05) is 31.2 Å². The molecule has 1 N–H and O–H groups in total. The minimum Gasteiger partial charge on any atom is -0.465 e. The first-order valence-corrected chi connectivity index (χ1v) is 10.2. The predicted octanol–water partition coefficient (Wildman–Crippen LogP) is 4.13. The number of carbonyl (C=O) groups excluding carboxylic acids is 3. The molecule has 0 aliphatic carbocycles. The van der Waals surface area contributed by atoms with E-state index in [1.54, 1.807) is 20.0 Å². The lowest BCUT2D eigenvalue weighted by atomic mass is 10.1. The molecule has 0 unspecified atom stereocenters. The van der Waals surface area contributed by atoms with Gasteiger partial charge in [0.15, 0.2) is 17.8 Å². The van der Waals surface area contributed by atoms with Crippen LogP contribution in [-0.4, -0.2) is 40.9 Å². The Hall–Kier alpha value is -3.68. The lowest BCUT2D eigenvalue weighted by Gasteiger charge is -2.12. The number of oxazole rings is 1. The molecule has 2 heterocycles. The van der Waals surface area contributed by atoms with E-state index in [2.05, 4.69) is 9.97 Å². The van der Waals surface area contributed by atoms with E-state index in [1.165, 1.54) is 14.0 Å². The fourth-order valence-electron chi connectivity index (χ4n) is 3.40. The number of aromatic amines is 1. The highest BCUT2D eigenvalue weighted by molar-refractivity contribution is 6.03. The van der Waals surface area contributed by atoms with Crippen LogP contribution in [-0.2, 0) is 20.7 Å². The topological polar surface area (TPSA) is 111 Å². The van der Waals surface area contributed by atoms with Crippen LogP contribution in [0, 0.1) is 20.8 Å². The van der Waals surface area contributed by atoms with Crippen LogP contribution in [0.15, 0.2) is 34.9 Å². The number of Topliss-reactive ketones (excluding diaryl/α,β-unsaturated/α-hetero) is 1. The number of hydrogen-bond acceptors (Lipinski definition) is 7. The zero-order chi connectivity index (χ0) is 23.4. The zero-order valence-corrected chi connectivity index (χ0v) is 18.8. The first kappa shape index (κ1) is 23.0. The van der Waals surface area contributed by atoms with Crippen molar-refractivity contribution in [3.63, 3.8) is 0 Å². The fourth-order valence-corrected chi connectivity index (χ4v) is 3.40. The lowest BCUT2D eigenvalue weighted by molar-refractivity contribution is -0.146. The number of nitrogens with zero attached hydrogens (tertiary/aromatic N) is 1. The first-order chi connectivity index (χ1) is 15.2. The van der Waals surface area contributed by atoms with E-state index < -0.39 is 23.8 Å². The van der Waals surface area contributed by atoms with E-state index in [-0.39, 0.29) is 18.5 Å². The SMILES string of the molecule is COC(=O)c1c(C)[nH]c(C(=O)[C@H](C)OC(=O)CCc2ncc(-c3ccc(C)cc3)o2)c1C. The second kappa shape index (κ2) is 9.64. The van der Waals surface area contributed by atoms with Gasteiger partial charge >= 0.3 is 11.9 Å². The first-order valence-electron chi connectivity index (χ1n) is 10.2. The normalized spacial score (nSPS) is 11.8. The molecule has 0 bridgehead atoms. The molecule has 0 saturated carbocycles. The molecule has 0 aliphatic heterocycles. The second-order valence-corrected chi connectivity index (χ2v) is 7.60. The number of aromatic nitrogens is 2. The highest BCUT2D eigenvalue weighted by Crippen LogP contribution is 2.22. The van der Waals surface area contributed by atoms with Crippen LogP contribution in [0.2, 0.25) is 0 Å². The maximum Gasteiger partial charge on any atom is 0.339 e. The average Bonchev–Trinajstić information content (AvgIpc) is 3.36. The van der Waals surface area contributed by atoms with Crippen molar-refractivity contribution in [2.75, 3.05) is 7.11 Å². The Balaban J connectivity index is 1.58. The molecule has 168 valence electrons. The zero-order valence-electron chi connectivity index (χ0n) is 18.8. The minimum absolute atomic E-state index is 0.0155. The maximum atomic E-state index is 12.7. The third-order valence-electron chi connectivity index (χ3n) is 5.18. The number of esters is 2. The highest BCUT2D eigenvalue weighted by Gasteiger charge is 2.27. The average molecular weight is 438 g/mol. The van der Waals surface area contributed by atoms with Crippen LogP contribution in [0.5, 0.6) is 0 Å². The van der Waals surface area contributed by atoms with Crippen LogP contribution < -0.4 is 0 Å². The van der Waals surface area contributed by atoms with Crippen LogP contribution in [0.3, 0.4) is 0 Å². The molecule has 2 aromatic heterocycles. The molecule has 0 spiro atoms. The van der Waals surface area contributed by atoms with Crippen molar-refractivity contribution in [1.29, 1.82) is 0 Å². The monoisotopic (exact) mass is 438 g/mol. The summed E-state index contributed by atoms with van der Waals surface area (Å²) in [4.78, 5) is 44.0. The van der Waals surface area contributed by atoms with Crippen LogP contribution >= 0.6 is 0 Å². The summed E-state index contributed by atoms with van der Waals surface area (Å²) < 4.78 is 15.8. The fraction of sp³-hybridized carbons (Fsp3) is 0.333. The number of rotatable bonds is 8. The Labute approximate surface area is 185 Å². The van der Waals surface area contributed by atoms with Crippen molar-refractivity contribution < 1.29 is 28.3 Å². The molecule has 3 rings (SSSR count). The Morgan fingerprint density at radius 2 is 1.81 bits per heavy atom. The third-order valence-corrected chi connectivity index (χ3v) is 5.18. The summed E-state index contributed by atoms with van der Waals surface area (Å²) in [6.07, 6.45) is 0.866. The number of H-pyrrole nitrogens is 1. The van der Waals surface area contributed by atoms with E-state index in [4.69, 9.17) is 13.9 Å². The molecule has 3 aromatic rings. The van der Waals surface area contributed by atoms with Gasteiger partial charge in [0.25, 0.3) is 0 Å². The number of ether oxygens (including phenoxy) is 2. The largest absolute Gasteiger partial charge is 0.465 e. The van der Waals surface area contributed by atoms with Crippen molar-refractivity contribution in [2.24, 2.45) is 0 Å². The van der Waals surface area contributed by atoms with Crippen molar-refractivity contribution in [2.45, 2.75) is 46.6 Å².